The zero-order valence-electron chi connectivity index (χ0n) is 26.0. The average molecular weight is 597 g/mol. The van der Waals surface area contributed by atoms with Crippen LogP contribution in [0.25, 0.3) is 0 Å². The first kappa shape index (κ1) is 30.2. The smallest absolute Gasteiger partial charge is 0.264 e. The highest BCUT2D eigenvalue weighted by atomic mass is 16.5. The number of aromatic hydroxyl groups is 1. The molecule has 2 amide bonds. The van der Waals surface area contributed by atoms with E-state index in [4.69, 9.17) is 4.74 Å². The zero-order valence-corrected chi connectivity index (χ0v) is 26.0. The molecule has 2 saturated carbocycles. The summed E-state index contributed by atoms with van der Waals surface area (Å²) in [6.45, 7) is 5.12. The van der Waals surface area contributed by atoms with Crippen molar-refractivity contribution in [3.05, 3.63) is 77.5 Å². The summed E-state index contributed by atoms with van der Waals surface area (Å²) in [5.41, 5.74) is 2.42. The molecule has 1 N–H and O–H groups in total. The lowest BCUT2D eigenvalue weighted by atomic mass is 9.73. The monoisotopic (exact) mass is 596 g/mol. The molecule has 2 aliphatic heterocycles. The number of fused-ring (bicyclic) bond motifs is 1. The minimum absolute atomic E-state index is 0.0132. The molecule has 2 aromatic rings. The summed E-state index contributed by atoms with van der Waals surface area (Å²) in [5.74, 6) is -0.856. The number of phenolic OH excluding ortho intramolecular Hbond substituents is 1. The Morgan fingerprint density at radius 3 is 2.27 bits per heavy atom. The van der Waals surface area contributed by atoms with E-state index in [1.54, 1.807) is 18.2 Å². The number of para-hydroxylation sites is 1. The summed E-state index contributed by atoms with van der Waals surface area (Å²) in [4.78, 5) is 45.7. The van der Waals surface area contributed by atoms with Crippen molar-refractivity contribution in [2.24, 2.45) is 11.8 Å². The van der Waals surface area contributed by atoms with E-state index >= 15 is 0 Å². The van der Waals surface area contributed by atoms with Gasteiger partial charge in [0.15, 0.2) is 5.78 Å². The molecule has 0 radical (unpaired) electrons. The highest BCUT2D eigenvalue weighted by molar-refractivity contribution is 6.32. The Bertz CT molecular complexity index is 1420. The van der Waals surface area contributed by atoms with E-state index in [0.717, 1.165) is 86.9 Å². The van der Waals surface area contributed by atoms with Crippen LogP contribution in [0, 0.1) is 11.8 Å². The summed E-state index contributed by atoms with van der Waals surface area (Å²) in [6, 6.07) is 14.9. The largest absolute Gasteiger partial charge is 0.508 e. The van der Waals surface area contributed by atoms with E-state index in [2.05, 4.69) is 18.7 Å². The fourth-order valence-corrected chi connectivity index (χ4v) is 7.82. The normalized spacial score (nSPS) is 24.8. The Hall–Kier alpha value is -3.87. The van der Waals surface area contributed by atoms with Crippen LogP contribution in [-0.2, 0) is 19.8 Å². The van der Waals surface area contributed by atoms with Crippen LogP contribution >= 0.6 is 0 Å². The Kier molecular flexibility index (Phi) is 8.66. The number of anilines is 1. The number of allylic oxidation sites excluding steroid dienone is 3. The molecule has 3 fully saturated rings. The van der Waals surface area contributed by atoms with E-state index < -0.39 is 17.2 Å². The Morgan fingerprint density at radius 1 is 0.886 bits per heavy atom. The number of nitrogens with zero attached hydrogens (tertiary/aromatic N) is 2. The highest BCUT2D eigenvalue weighted by Gasteiger charge is 2.50. The van der Waals surface area contributed by atoms with Crippen molar-refractivity contribution >= 4 is 23.3 Å². The molecule has 7 heteroatoms. The number of benzene rings is 2. The van der Waals surface area contributed by atoms with Crippen molar-refractivity contribution in [2.75, 3.05) is 18.1 Å². The SMILES string of the molecule is CC1(C)/C(=C\C=C2\C(=O)C(C3CCCCC3)C(=O)N(C3CCCCC3)C2=O)N(CCOc2ccccc2)c2ccc(O)cc21. The molecule has 7 nitrogen and oxygen atoms in total. The number of amides is 2. The maximum atomic E-state index is 14.1. The summed E-state index contributed by atoms with van der Waals surface area (Å²) in [7, 11) is 0. The average Bonchev–Trinajstić information content (AvgIpc) is 3.23. The van der Waals surface area contributed by atoms with Crippen LogP contribution in [0.2, 0.25) is 0 Å². The predicted octanol–water partition coefficient (Wildman–Crippen LogP) is 6.85. The second kappa shape index (κ2) is 12.6. The fourth-order valence-electron chi connectivity index (χ4n) is 7.82. The molecule has 1 saturated heterocycles. The third kappa shape index (κ3) is 5.69. The molecule has 4 aliphatic rings. The van der Waals surface area contributed by atoms with Crippen LogP contribution < -0.4 is 9.64 Å². The lowest BCUT2D eigenvalue weighted by molar-refractivity contribution is -0.157. The number of piperidine rings is 1. The lowest BCUT2D eigenvalue weighted by Gasteiger charge is -2.41. The van der Waals surface area contributed by atoms with Gasteiger partial charge >= 0.3 is 0 Å². The summed E-state index contributed by atoms with van der Waals surface area (Å²) in [5, 5.41) is 10.4. The second-order valence-corrected chi connectivity index (χ2v) is 13.3. The molecule has 2 heterocycles. The summed E-state index contributed by atoms with van der Waals surface area (Å²) in [6.07, 6.45) is 13.1. The topological polar surface area (TPSA) is 87.2 Å². The molecule has 2 aliphatic carbocycles. The number of imide groups is 1. The molecule has 0 aromatic heterocycles. The number of likely N-dealkylation sites (tertiary alicyclic amines) is 1. The number of rotatable bonds is 7. The minimum Gasteiger partial charge on any atom is -0.508 e. The van der Waals surface area contributed by atoms with Crippen LogP contribution in [-0.4, -0.2) is 46.8 Å². The van der Waals surface area contributed by atoms with Gasteiger partial charge in [-0.2, -0.15) is 0 Å². The first-order chi connectivity index (χ1) is 21.3. The quantitative estimate of drug-likeness (QED) is 0.163. The van der Waals surface area contributed by atoms with E-state index in [9.17, 15) is 19.5 Å². The Morgan fingerprint density at radius 2 is 1.57 bits per heavy atom. The standard InChI is InChI=1S/C37H44N2O5/c1-37(2)30-24-27(40)18-20-31(30)38(22-23-44-28-16-10-5-11-17-28)32(37)21-19-29-34(41)33(25-12-6-3-7-13-25)36(43)39(35(29)42)26-14-8-4-9-15-26/h5,10-11,16-21,24-26,33,40H,3-4,6-9,12-15,22-23H2,1-2H3/b29-19-,32-21+. The van der Waals surface area contributed by atoms with E-state index in [0.29, 0.717) is 13.2 Å². The Balaban J connectivity index is 1.36. The third-order valence-corrected chi connectivity index (χ3v) is 10.2. The number of carbonyl (C=O) groups excluding carboxylic acids is 3. The molecule has 0 bridgehead atoms. The van der Waals surface area contributed by atoms with Gasteiger partial charge in [0.1, 0.15) is 24.0 Å². The first-order valence-electron chi connectivity index (χ1n) is 16.4. The highest BCUT2D eigenvalue weighted by Crippen LogP contribution is 2.49. The third-order valence-electron chi connectivity index (χ3n) is 10.2. The molecule has 2 aromatic carbocycles. The van der Waals surface area contributed by atoms with Crippen molar-refractivity contribution < 1.29 is 24.2 Å². The van der Waals surface area contributed by atoms with Gasteiger partial charge in [-0.15, -0.1) is 0 Å². The van der Waals surface area contributed by atoms with Crippen LogP contribution in [0.1, 0.15) is 83.6 Å². The first-order valence-corrected chi connectivity index (χ1v) is 16.4. The molecular formula is C37H44N2O5. The van der Waals surface area contributed by atoms with Crippen molar-refractivity contribution in [1.82, 2.24) is 4.90 Å². The predicted molar refractivity (Wildman–Crippen MR) is 170 cm³/mol. The molecule has 232 valence electrons. The summed E-state index contributed by atoms with van der Waals surface area (Å²) < 4.78 is 6.04. The van der Waals surface area contributed by atoms with Gasteiger partial charge in [0.25, 0.3) is 5.91 Å². The number of hydrogen-bond donors (Lipinski definition) is 1. The number of carbonyl (C=O) groups is 3. The van der Waals surface area contributed by atoms with E-state index in [-0.39, 0.29) is 35.0 Å². The molecule has 6 rings (SSSR count). The van der Waals surface area contributed by atoms with Gasteiger partial charge < -0.3 is 14.7 Å². The number of ether oxygens (including phenoxy) is 1. The van der Waals surface area contributed by atoms with Gasteiger partial charge in [-0.25, -0.2) is 0 Å². The summed E-state index contributed by atoms with van der Waals surface area (Å²) >= 11 is 0. The Labute approximate surface area is 260 Å². The van der Waals surface area contributed by atoms with Crippen LogP contribution in [0.15, 0.2) is 72.0 Å². The van der Waals surface area contributed by atoms with Gasteiger partial charge in [0, 0.05) is 22.8 Å². The second-order valence-electron chi connectivity index (χ2n) is 13.3. The molecule has 44 heavy (non-hydrogen) atoms. The number of phenols is 1. The number of hydrogen-bond acceptors (Lipinski definition) is 6. The molecule has 1 unspecified atom stereocenters. The maximum Gasteiger partial charge on any atom is 0.264 e. The minimum atomic E-state index is -0.777. The zero-order chi connectivity index (χ0) is 30.8. The van der Waals surface area contributed by atoms with Crippen LogP contribution in [0.5, 0.6) is 11.5 Å². The van der Waals surface area contributed by atoms with Gasteiger partial charge in [-0.05, 0) is 79.6 Å². The van der Waals surface area contributed by atoms with Gasteiger partial charge in [0.05, 0.1) is 12.1 Å². The van der Waals surface area contributed by atoms with Gasteiger partial charge in [0.2, 0.25) is 5.91 Å². The van der Waals surface area contributed by atoms with Gasteiger partial charge in [-0.1, -0.05) is 70.6 Å². The number of ketones is 1. The number of Topliss-reactive ketones (excluding diaryl/α,β-unsaturated/α-hetero) is 1. The molecular weight excluding hydrogens is 552 g/mol. The van der Waals surface area contributed by atoms with Crippen molar-refractivity contribution in [2.45, 2.75) is 89.5 Å². The van der Waals surface area contributed by atoms with Crippen LogP contribution in [0.3, 0.4) is 0 Å². The van der Waals surface area contributed by atoms with Crippen molar-refractivity contribution in [1.29, 1.82) is 0 Å². The lowest BCUT2D eigenvalue weighted by Crippen LogP contribution is -2.57. The van der Waals surface area contributed by atoms with Crippen LogP contribution in [0.4, 0.5) is 5.69 Å². The molecule has 1 atom stereocenters. The molecule has 0 spiro atoms. The van der Waals surface area contributed by atoms with E-state index in [1.807, 2.05) is 42.5 Å². The van der Waals surface area contributed by atoms with Crippen molar-refractivity contribution in [3.8, 4) is 11.5 Å². The maximum absolute atomic E-state index is 14.1. The fraction of sp³-hybridized carbons (Fsp3) is 0.486. The van der Waals surface area contributed by atoms with Crippen molar-refractivity contribution in [3.63, 3.8) is 0 Å². The van der Waals surface area contributed by atoms with E-state index in [1.165, 1.54) is 4.90 Å². The van der Waals surface area contributed by atoms with Gasteiger partial charge in [-0.3, -0.25) is 19.3 Å².